The van der Waals surface area contributed by atoms with Crippen LogP contribution in [0, 0.1) is 65.3 Å². The van der Waals surface area contributed by atoms with Crippen molar-refractivity contribution in [1.29, 1.82) is 15.8 Å². The summed E-state index contributed by atoms with van der Waals surface area (Å²) in [5.74, 6) is -1.12. The Bertz CT molecular complexity index is 2170. The largest absolute Gasteiger partial charge is 0.270 e. The molecule has 6 rings (SSSR count). The molecule has 0 saturated carbocycles. The lowest BCUT2D eigenvalue weighted by Crippen LogP contribution is -1.97. The van der Waals surface area contributed by atoms with E-state index in [2.05, 4.69) is 14.5 Å². The molecule has 0 aliphatic heterocycles. The highest BCUT2D eigenvalue weighted by molar-refractivity contribution is 6.37. The van der Waals surface area contributed by atoms with Crippen LogP contribution in [-0.2, 0) is 0 Å². The van der Waals surface area contributed by atoms with E-state index >= 15 is 0 Å². The van der Waals surface area contributed by atoms with E-state index in [4.69, 9.17) is 19.7 Å². The van der Waals surface area contributed by atoms with Crippen LogP contribution in [0.3, 0.4) is 0 Å². The van der Waals surface area contributed by atoms with Crippen molar-refractivity contribution in [3.05, 3.63) is 158 Å². The average Bonchev–Trinajstić information content (AvgIpc) is 3.54. The minimum Gasteiger partial charge on any atom is -0.237 e. The van der Waals surface area contributed by atoms with E-state index in [1.54, 1.807) is 36.4 Å². The molecule has 2 aliphatic rings. The number of allylic oxidation sites excluding steroid dienone is 6. The van der Waals surface area contributed by atoms with Crippen LogP contribution >= 0.6 is 0 Å². The fourth-order valence-corrected chi connectivity index (χ4v) is 5.80. The minimum atomic E-state index is -0.564. The van der Waals surface area contributed by atoms with Crippen molar-refractivity contribution in [1.82, 2.24) is 0 Å². The Balaban J connectivity index is 1.66. The molecule has 0 bridgehead atoms. The van der Waals surface area contributed by atoms with Gasteiger partial charge in [0.1, 0.15) is 11.6 Å². The molecule has 2 aliphatic carbocycles. The molecule has 0 heterocycles. The van der Waals surface area contributed by atoms with Crippen molar-refractivity contribution in [2.45, 2.75) is 0 Å². The molecule has 0 aromatic heterocycles. The van der Waals surface area contributed by atoms with Crippen LogP contribution in [0.2, 0.25) is 0 Å². The second-order valence-electron chi connectivity index (χ2n) is 9.74. The molecule has 8 heteroatoms. The lowest BCUT2D eigenvalue weighted by molar-refractivity contribution is 0.627. The maximum absolute atomic E-state index is 13.9. The first-order chi connectivity index (χ1) is 21.4. The van der Waals surface area contributed by atoms with Gasteiger partial charge in [0.05, 0.1) is 43.5 Å². The Kier molecular flexibility index (Phi) is 6.39. The summed E-state index contributed by atoms with van der Waals surface area (Å²) in [5, 5.41) is 29.7. The second-order valence-corrected chi connectivity index (χ2v) is 9.74. The van der Waals surface area contributed by atoms with Crippen molar-refractivity contribution in [2.75, 3.05) is 0 Å². The molecule has 0 saturated heterocycles. The lowest BCUT2D eigenvalue weighted by Gasteiger charge is -2.16. The van der Waals surface area contributed by atoms with E-state index in [9.17, 15) is 24.6 Å². The fraction of sp³-hybridized carbons (Fsp3) is 0. The quantitative estimate of drug-likeness (QED) is 0.179. The molecule has 0 radical (unpaired) electrons. The zero-order chi connectivity index (χ0) is 31.1. The van der Waals surface area contributed by atoms with Gasteiger partial charge >= 0.3 is 0 Å². The molecule has 200 valence electrons. The van der Waals surface area contributed by atoms with Crippen LogP contribution in [0.15, 0.2) is 84.2 Å². The predicted molar refractivity (Wildman–Crippen MR) is 160 cm³/mol. The Morgan fingerprint density at radius 1 is 0.568 bits per heavy atom. The molecule has 4 aromatic rings. The monoisotopic (exact) mass is 566 g/mol. The number of halogens is 2. The maximum atomic E-state index is 13.9. The van der Waals surface area contributed by atoms with Gasteiger partial charge in [0.25, 0.3) is 11.4 Å². The zero-order valence-corrected chi connectivity index (χ0v) is 22.4. The van der Waals surface area contributed by atoms with Gasteiger partial charge in [0.2, 0.25) is 0 Å². The van der Waals surface area contributed by atoms with E-state index in [0.29, 0.717) is 66.8 Å². The number of nitrogens with zero attached hydrogens (tertiary/aromatic N) is 6. The van der Waals surface area contributed by atoms with Crippen LogP contribution in [-0.4, -0.2) is 0 Å². The summed E-state index contributed by atoms with van der Waals surface area (Å²) in [5.41, 5.74) is 5.58. The maximum Gasteiger partial charge on any atom is 0.270 e. The van der Waals surface area contributed by atoms with E-state index in [1.165, 1.54) is 24.3 Å². The fourth-order valence-electron chi connectivity index (χ4n) is 5.80. The number of fused-ring (bicyclic) bond motifs is 4. The zero-order valence-electron chi connectivity index (χ0n) is 22.4. The Morgan fingerprint density at radius 2 is 1.05 bits per heavy atom. The van der Waals surface area contributed by atoms with Crippen molar-refractivity contribution >= 4 is 28.0 Å². The van der Waals surface area contributed by atoms with E-state index in [0.717, 1.165) is 12.1 Å². The number of nitriles is 3. The third kappa shape index (κ3) is 3.94. The first-order valence-corrected chi connectivity index (χ1v) is 12.8. The van der Waals surface area contributed by atoms with Crippen molar-refractivity contribution in [2.24, 2.45) is 0 Å². The molecule has 6 nitrogen and oxygen atoms in total. The SMILES string of the molecule is [C-]#[N+]/C(C#N)=C1C2=C(/C(=C(\C#N)[N+]#[C-])c3cc(-c4ccc(F)cc4C#N)ccc32)c2ccc(-c3ccc(F)cc3[N+]#[C-])cc2\1. The van der Waals surface area contributed by atoms with E-state index in [-0.39, 0.29) is 22.6 Å². The van der Waals surface area contributed by atoms with Gasteiger partial charge in [-0.25, -0.2) is 33.8 Å². The van der Waals surface area contributed by atoms with Gasteiger partial charge in [0.15, 0.2) is 5.69 Å². The van der Waals surface area contributed by atoms with Gasteiger partial charge in [-0.2, -0.15) is 5.26 Å². The van der Waals surface area contributed by atoms with Crippen LogP contribution < -0.4 is 0 Å². The number of benzene rings is 4. The first-order valence-electron chi connectivity index (χ1n) is 12.8. The summed E-state index contributed by atoms with van der Waals surface area (Å²) in [4.78, 5) is 10.4. The van der Waals surface area contributed by atoms with Gasteiger partial charge in [-0.05, 0) is 92.1 Å². The third-order valence-electron chi connectivity index (χ3n) is 7.58. The highest BCUT2D eigenvalue weighted by Crippen LogP contribution is 2.60. The molecule has 0 fully saturated rings. The second kappa shape index (κ2) is 10.4. The standard InChI is InChI=1S/C36H12F2N6/c1-42-30-15-23(38)7-11-25(30)20-5-9-27-29(14-20)34(32(18-41)44-3)35-26-8-4-19(24-10-6-22(37)12-21(24)16-39)13-28(26)33(36(27)35)31(17-40)43-2/h4-15H/b33-31+,34-32-. The summed E-state index contributed by atoms with van der Waals surface area (Å²) in [6, 6.07) is 24.0. The van der Waals surface area contributed by atoms with E-state index in [1.807, 2.05) is 18.2 Å². The molecular weight excluding hydrogens is 554 g/mol. The lowest BCUT2D eigenvalue weighted by atomic mass is 9.87. The number of hydrogen-bond donors (Lipinski definition) is 0. The van der Waals surface area contributed by atoms with Crippen LogP contribution in [0.25, 0.3) is 59.1 Å². The van der Waals surface area contributed by atoms with Gasteiger partial charge in [-0.15, -0.1) is 0 Å². The Labute approximate surface area is 250 Å². The number of rotatable bonds is 2. The predicted octanol–water partition coefficient (Wildman–Crippen LogP) is 8.97. The summed E-state index contributed by atoms with van der Waals surface area (Å²) < 4.78 is 27.8. The highest BCUT2D eigenvalue weighted by Gasteiger charge is 2.39. The van der Waals surface area contributed by atoms with Gasteiger partial charge in [0, 0.05) is 11.1 Å². The molecule has 44 heavy (non-hydrogen) atoms. The number of hydrogen-bond acceptors (Lipinski definition) is 3. The summed E-state index contributed by atoms with van der Waals surface area (Å²) in [6.07, 6.45) is 0. The Morgan fingerprint density at radius 3 is 1.52 bits per heavy atom. The molecule has 0 spiro atoms. The third-order valence-corrected chi connectivity index (χ3v) is 7.58. The van der Waals surface area contributed by atoms with Crippen molar-refractivity contribution in [3.8, 4) is 40.5 Å². The minimum absolute atomic E-state index is 0.0930. The van der Waals surface area contributed by atoms with Crippen LogP contribution in [0.4, 0.5) is 14.5 Å². The Hall–Kier alpha value is -7.10. The summed E-state index contributed by atoms with van der Waals surface area (Å²) >= 11 is 0. The first kappa shape index (κ1) is 27.1. The molecule has 0 amide bonds. The molecular formula is C36H12F2N6. The van der Waals surface area contributed by atoms with Gasteiger partial charge < -0.3 is 0 Å². The smallest absolute Gasteiger partial charge is 0.237 e. The average molecular weight is 567 g/mol. The summed E-state index contributed by atoms with van der Waals surface area (Å²) in [7, 11) is 0. The normalized spacial score (nSPS) is 14.5. The topological polar surface area (TPSA) is 84.5 Å². The van der Waals surface area contributed by atoms with Crippen molar-refractivity contribution < 1.29 is 8.78 Å². The van der Waals surface area contributed by atoms with Crippen LogP contribution in [0.1, 0.15) is 27.8 Å². The van der Waals surface area contributed by atoms with Gasteiger partial charge in [-0.1, -0.05) is 36.4 Å². The van der Waals surface area contributed by atoms with Crippen molar-refractivity contribution in [3.63, 3.8) is 0 Å². The van der Waals surface area contributed by atoms with Gasteiger partial charge in [-0.3, -0.25) is 0 Å². The summed E-state index contributed by atoms with van der Waals surface area (Å²) in [6.45, 7) is 23.1. The molecule has 0 atom stereocenters. The van der Waals surface area contributed by atoms with Crippen LogP contribution in [0.5, 0.6) is 0 Å². The molecule has 0 N–H and O–H groups in total. The highest BCUT2D eigenvalue weighted by atomic mass is 19.1. The molecule has 0 unspecified atom stereocenters. The molecule has 4 aromatic carbocycles. The van der Waals surface area contributed by atoms with E-state index < -0.39 is 11.6 Å².